The van der Waals surface area contributed by atoms with E-state index >= 15 is 0 Å². The number of halogens is 1. The molecule has 0 bridgehead atoms. The Hall–Kier alpha value is -2.35. The Bertz CT molecular complexity index is 718. The van der Waals surface area contributed by atoms with Gasteiger partial charge in [0.05, 0.1) is 23.3 Å². The largest absolute Gasteiger partial charge is 0.481 e. The maximum atomic E-state index is 12.3. The van der Waals surface area contributed by atoms with Crippen LogP contribution in [0.15, 0.2) is 12.3 Å². The second kappa shape index (κ2) is 6.41. The SMILES string of the molecule is O=C(O)Cc1cc(C2CCN(C(=O)c3[nH]ncc3Cl)CC2)n[nH]1. The molecule has 1 aliphatic heterocycles. The summed E-state index contributed by atoms with van der Waals surface area (Å²) >= 11 is 5.92. The fraction of sp³-hybridized carbons (Fsp3) is 0.429. The monoisotopic (exact) mass is 337 g/mol. The predicted octanol–water partition coefficient (Wildman–Crippen LogP) is 1.43. The molecular weight excluding hydrogens is 322 g/mol. The molecule has 0 aliphatic carbocycles. The number of nitrogens with one attached hydrogen (secondary N) is 2. The number of carbonyl (C=O) groups is 2. The van der Waals surface area contributed by atoms with Gasteiger partial charge in [0, 0.05) is 24.7 Å². The summed E-state index contributed by atoms with van der Waals surface area (Å²) in [5.74, 6) is -0.827. The maximum Gasteiger partial charge on any atom is 0.309 e. The second-order valence-corrected chi connectivity index (χ2v) is 5.96. The van der Waals surface area contributed by atoms with Gasteiger partial charge in [-0.25, -0.2) is 0 Å². The summed E-state index contributed by atoms with van der Waals surface area (Å²) in [6, 6.07) is 1.79. The standard InChI is InChI=1S/C14H16ClN5O3/c15-10-7-16-19-13(10)14(23)20-3-1-8(2-4-20)11-5-9(17-18-11)6-12(21)22/h5,7-8H,1-4,6H2,(H,16,19)(H,17,18)(H,21,22). The lowest BCUT2D eigenvalue weighted by atomic mass is 9.93. The molecule has 8 nitrogen and oxygen atoms in total. The van der Waals surface area contributed by atoms with E-state index in [1.165, 1.54) is 6.20 Å². The quantitative estimate of drug-likeness (QED) is 0.780. The number of H-pyrrole nitrogens is 2. The van der Waals surface area contributed by atoms with Gasteiger partial charge < -0.3 is 10.0 Å². The minimum Gasteiger partial charge on any atom is -0.481 e. The number of carboxylic acid groups (broad SMARTS) is 1. The van der Waals surface area contributed by atoms with Gasteiger partial charge in [-0.15, -0.1) is 0 Å². The molecule has 1 amide bonds. The van der Waals surface area contributed by atoms with E-state index in [1.807, 2.05) is 0 Å². The number of piperidine rings is 1. The molecule has 0 atom stereocenters. The molecule has 23 heavy (non-hydrogen) atoms. The Morgan fingerprint density at radius 2 is 2.09 bits per heavy atom. The number of hydrogen-bond acceptors (Lipinski definition) is 4. The van der Waals surface area contributed by atoms with E-state index in [2.05, 4.69) is 20.4 Å². The van der Waals surface area contributed by atoms with E-state index < -0.39 is 5.97 Å². The van der Waals surface area contributed by atoms with Crippen LogP contribution in [0.2, 0.25) is 5.02 Å². The molecule has 1 fully saturated rings. The normalized spacial score (nSPS) is 15.8. The molecule has 3 rings (SSSR count). The third-order valence-electron chi connectivity index (χ3n) is 4.00. The van der Waals surface area contributed by atoms with Crippen LogP contribution in [0.1, 0.15) is 40.6 Å². The molecule has 3 N–H and O–H groups in total. The summed E-state index contributed by atoms with van der Waals surface area (Å²) < 4.78 is 0. The molecule has 122 valence electrons. The lowest BCUT2D eigenvalue weighted by Gasteiger charge is -2.30. The molecule has 0 spiro atoms. The predicted molar refractivity (Wildman–Crippen MR) is 81.4 cm³/mol. The van der Waals surface area contributed by atoms with Gasteiger partial charge in [0.1, 0.15) is 5.69 Å². The van der Waals surface area contributed by atoms with Crippen molar-refractivity contribution in [2.45, 2.75) is 25.2 Å². The summed E-state index contributed by atoms with van der Waals surface area (Å²) in [5.41, 5.74) is 1.76. The lowest BCUT2D eigenvalue weighted by molar-refractivity contribution is -0.136. The first kappa shape index (κ1) is 15.5. The van der Waals surface area contributed by atoms with Gasteiger partial charge in [0.25, 0.3) is 5.91 Å². The van der Waals surface area contributed by atoms with Crippen molar-refractivity contribution >= 4 is 23.5 Å². The van der Waals surface area contributed by atoms with E-state index in [0.29, 0.717) is 29.5 Å². The Morgan fingerprint density at radius 3 is 2.70 bits per heavy atom. The van der Waals surface area contributed by atoms with Gasteiger partial charge in [0.15, 0.2) is 0 Å². The highest BCUT2D eigenvalue weighted by molar-refractivity contribution is 6.33. The van der Waals surface area contributed by atoms with Crippen LogP contribution in [0.3, 0.4) is 0 Å². The highest BCUT2D eigenvalue weighted by Crippen LogP contribution is 2.28. The third kappa shape index (κ3) is 3.37. The molecule has 2 aromatic heterocycles. The molecule has 1 aliphatic rings. The van der Waals surface area contributed by atoms with E-state index in [1.54, 1.807) is 11.0 Å². The Labute approximate surface area is 136 Å². The van der Waals surface area contributed by atoms with Crippen LogP contribution in [0.4, 0.5) is 0 Å². The Kier molecular flexibility index (Phi) is 4.33. The van der Waals surface area contributed by atoms with Crippen LogP contribution in [-0.4, -0.2) is 55.4 Å². The fourth-order valence-electron chi connectivity index (χ4n) is 2.80. The average Bonchev–Trinajstić information content (AvgIpc) is 3.15. The lowest BCUT2D eigenvalue weighted by Crippen LogP contribution is -2.38. The summed E-state index contributed by atoms with van der Waals surface area (Å²) in [6.45, 7) is 1.19. The highest BCUT2D eigenvalue weighted by atomic mass is 35.5. The van der Waals surface area contributed by atoms with Crippen LogP contribution in [-0.2, 0) is 11.2 Å². The van der Waals surface area contributed by atoms with Gasteiger partial charge in [-0.05, 0) is 18.9 Å². The van der Waals surface area contributed by atoms with E-state index in [-0.39, 0.29) is 18.2 Å². The summed E-state index contributed by atoms with van der Waals surface area (Å²) in [6.07, 6.45) is 2.89. The van der Waals surface area contributed by atoms with Crippen molar-refractivity contribution in [2.24, 2.45) is 0 Å². The zero-order chi connectivity index (χ0) is 16.4. The molecule has 3 heterocycles. The van der Waals surface area contributed by atoms with Crippen LogP contribution < -0.4 is 0 Å². The fourth-order valence-corrected chi connectivity index (χ4v) is 2.97. The number of aromatic nitrogens is 4. The van der Waals surface area contributed by atoms with Crippen molar-refractivity contribution in [3.63, 3.8) is 0 Å². The summed E-state index contributed by atoms with van der Waals surface area (Å²) in [5, 5.41) is 22.4. The van der Waals surface area contributed by atoms with Crippen molar-refractivity contribution < 1.29 is 14.7 Å². The summed E-state index contributed by atoms with van der Waals surface area (Å²) in [4.78, 5) is 24.8. The zero-order valence-electron chi connectivity index (χ0n) is 12.3. The maximum absolute atomic E-state index is 12.3. The average molecular weight is 338 g/mol. The first-order valence-electron chi connectivity index (χ1n) is 7.28. The van der Waals surface area contributed by atoms with Crippen molar-refractivity contribution in [2.75, 3.05) is 13.1 Å². The van der Waals surface area contributed by atoms with Crippen molar-refractivity contribution in [3.05, 3.63) is 34.4 Å². The Balaban J connectivity index is 1.60. The van der Waals surface area contributed by atoms with E-state index in [0.717, 1.165) is 18.5 Å². The van der Waals surface area contributed by atoms with Crippen LogP contribution in [0.5, 0.6) is 0 Å². The van der Waals surface area contributed by atoms with Crippen LogP contribution in [0, 0.1) is 0 Å². The van der Waals surface area contributed by atoms with Gasteiger partial charge in [0.2, 0.25) is 0 Å². The number of amides is 1. The topological polar surface area (TPSA) is 115 Å². The number of carboxylic acids is 1. The van der Waals surface area contributed by atoms with Crippen molar-refractivity contribution in [3.8, 4) is 0 Å². The number of aromatic amines is 2. The molecule has 0 unspecified atom stereocenters. The molecule has 0 aromatic carbocycles. The second-order valence-electron chi connectivity index (χ2n) is 5.55. The molecule has 2 aromatic rings. The molecular formula is C14H16ClN5O3. The smallest absolute Gasteiger partial charge is 0.309 e. The van der Waals surface area contributed by atoms with Crippen molar-refractivity contribution in [1.82, 2.24) is 25.3 Å². The van der Waals surface area contributed by atoms with E-state index in [9.17, 15) is 9.59 Å². The van der Waals surface area contributed by atoms with Crippen LogP contribution in [0.25, 0.3) is 0 Å². The minimum atomic E-state index is -0.892. The van der Waals surface area contributed by atoms with Gasteiger partial charge in [-0.2, -0.15) is 10.2 Å². The first-order valence-corrected chi connectivity index (χ1v) is 7.66. The van der Waals surface area contributed by atoms with Gasteiger partial charge in [-0.1, -0.05) is 11.6 Å². The van der Waals surface area contributed by atoms with Crippen molar-refractivity contribution in [1.29, 1.82) is 0 Å². The number of aliphatic carboxylic acids is 1. The summed E-state index contributed by atoms with van der Waals surface area (Å²) in [7, 11) is 0. The first-order chi connectivity index (χ1) is 11.0. The number of likely N-dealkylation sites (tertiary alicyclic amines) is 1. The molecule has 0 radical (unpaired) electrons. The Morgan fingerprint density at radius 1 is 1.35 bits per heavy atom. The molecule has 0 saturated carbocycles. The zero-order valence-corrected chi connectivity index (χ0v) is 13.0. The van der Waals surface area contributed by atoms with E-state index in [4.69, 9.17) is 16.7 Å². The number of hydrogen-bond donors (Lipinski definition) is 3. The van der Waals surface area contributed by atoms with Gasteiger partial charge in [-0.3, -0.25) is 19.8 Å². The minimum absolute atomic E-state index is 0.0668. The highest BCUT2D eigenvalue weighted by Gasteiger charge is 2.27. The number of nitrogens with zero attached hydrogens (tertiary/aromatic N) is 3. The molecule has 1 saturated heterocycles. The molecule has 9 heteroatoms. The third-order valence-corrected chi connectivity index (χ3v) is 4.29. The number of rotatable bonds is 4. The number of carbonyl (C=O) groups excluding carboxylic acids is 1. The van der Waals surface area contributed by atoms with Crippen LogP contribution >= 0.6 is 11.6 Å². The van der Waals surface area contributed by atoms with Gasteiger partial charge >= 0.3 is 5.97 Å².